The lowest BCUT2D eigenvalue weighted by Crippen LogP contribution is -2.02. The summed E-state index contributed by atoms with van der Waals surface area (Å²) in [4.78, 5) is 4.10. The third-order valence-corrected chi connectivity index (χ3v) is 2.74. The molecule has 18 heavy (non-hydrogen) atoms. The molecule has 2 aromatic rings. The molecule has 0 aliphatic heterocycles. The Hall–Kier alpha value is -2.03. The van der Waals surface area contributed by atoms with Crippen molar-refractivity contribution in [1.29, 1.82) is 0 Å². The van der Waals surface area contributed by atoms with E-state index in [0.717, 1.165) is 36.3 Å². The van der Waals surface area contributed by atoms with E-state index in [4.69, 9.17) is 10.5 Å². The normalized spacial score (nSPS) is 10.3. The van der Waals surface area contributed by atoms with Crippen LogP contribution in [0.4, 0.5) is 5.82 Å². The number of hydrogen-bond donors (Lipinski definition) is 1. The molecule has 0 saturated heterocycles. The number of aromatic nitrogens is 1. The Morgan fingerprint density at radius 1 is 1.11 bits per heavy atom. The predicted molar refractivity (Wildman–Crippen MR) is 73.7 cm³/mol. The van der Waals surface area contributed by atoms with Crippen LogP contribution in [0, 0.1) is 0 Å². The van der Waals surface area contributed by atoms with Gasteiger partial charge in [-0.3, -0.25) is 0 Å². The molecule has 0 saturated carbocycles. The molecule has 1 aromatic heterocycles. The van der Waals surface area contributed by atoms with E-state index < -0.39 is 0 Å². The quantitative estimate of drug-likeness (QED) is 0.876. The Kier molecular flexibility index (Phi) is 4.18. The molecule has 94 valence electrons. The van der Waals surface area contributed by atoms with Crippen molar-refractivity contribution >= 4 is 5.82 Å². The third kappa shape index (κ3) is 3.00. The summed E-state index contributed by atoms with van der Waals surface area (Å²) in [6, 6.07) is 12.0. The van der Waals surface area contributed by atoms with E-state index in [1.165, 1.54) is 0 Å². The van der Waals surface area contributed by atoms with Crippen molar-refractivity contribution in [2.45, 2.75) is 19.8 Å². The van der Waals surface area contributed by atoms with Crippen LogP contribution in [-0.2, 0) is 6.42 Å². The van der Waals surface area contributed by atoms with Gasteiger partial charge >= 0.3 is 0 Å². The number of nitrogens with two attached hydrogens (primary N) is 1. The van der Waals surface area contributed by atoms with E-state index in [1.807, 2.05) is 30.3 Å². The molecule has 0 aliphatic carbocycles. The van der Waals surface area contributed by atoms with Gasteiger partial charge in [-0.05, 0) is 29.7 Å². The molecule has 0 aliphatic rings. The first-order valence-electron chi connectivity index (χ1n) is 6.21. The summed E-state index contributed by atoms with van der Waals surface area (Å²) in [5.74, 6) is 1.52. The van der Waals surface area contributed by atoms with Crippen molar-refractivity contribution < 1.29 is 4.74 Å². The SMILES string of the molecule is CCCOc1ccccc1Cc1cccnc1N. The minimum Gasteiger partial charge on any atom is -0.493 e. The topological polar surface area (TPSA) is 48.1 Å². The second kappa shape index (κ2) is 6.05. The zero-order valence-corrected chi connectivity index (χ0v) is 10.6. The van der Waals surface area contributed by atoms with E-state index in [2.05, 4.69) is 18.0 Å². The summed E-state index contributed by atoms with van der Waals surface area (Å²) >= 11 is 0. The van der Waals surface area contributed by atoms with Gasteiger partial charge in [-0.25, -0.2) is 4.98 Å². The van der Waals surface area contributed by atoms with Gasteiger partial charge in [-0.1, -0.05) is 31.2 Å². The molecule has 3 heteroatoms. The zero-order chi connectivity index (χ0) is 12.8. The fourth-order valence-corrected chi connectivity index (χ4v) is 1.81. The van der Waals surface area contributed by atoms with Gasteiger partial charge in [0.25, 0.3) is 0 Å². The van der Waals surface area contributed by atoms with Crippen molar-refractivity contribution in [3.63, 3.8) is 0 Å². The summed E-state index contributed by atoms with van der Waals surface area (Å²) in [6.45, 7) is 2.83. The number of ether oxygens (including phenoxy) is 1. The molecule has 0 unspecified atom stereocenters. The average Bonchev–Trinajstić information content (AvgIpc) is 2.40. The Balaban J connectivity index is 2.21. The van der Waals surface area contributed by atoms with Crippen LogP contribution in [0.2, 0.25) is 0 Å². The lowest BCUT2D eigenvalue weighted by molar-refractivity contribution is 0.314. The Bertz CT molecular complexity index is 511. The van der Waals surface area contributed by atoms with E-state index in [9.17, 15) is 0 Å². The van der Waals surface area contributed by atoms with Crippen LogP contribution >= 0.6 is 0 Å². The number of para-hydroxylation sites is 1. The van der Waals surface area contributed by atoms with Crippen LogP contribution in [0.3, 0.4) is 0 Å². The molecular weight excluding hydrogens is 224 g/mol. The maximum absolute atomic E-state index is 5.87. The van der Waals surface area contributed by atoms with Crippen LogP contribution in [0.25, 0.3) is 0 Å². The molecule has 0 fully saturated rings. The smallest absolute Gasteiger partial charge is 0.126 e. The van der Waals surface area contributed by atoms with Gasteiger partial charge in [0.05, 0.1) is 6.61 Å². The van der Waals surface area contributed by atoms with Gasteiger partial charge in [-0.15, -0.1) is 0 Å². The van der Waals surface area contributed by atoms with Crippen LogP contribution in [0.15, 0.2) is 42.6 Å². The fourth-order valence-electron chi connectivity index (χ4n) is 1.81. The minimum absolute atomic E-state index is 0.586. The molecule has 2 rings (SSSR count). The van der Waals surface area contributed by atoms with E-state index in [1.54, 1.807) is 6.20 Å². The second-order valence-electron chi connectivity index (χ2n) is 4.18. The molecule has 1 aromatic carbocycles. The number of hydrogen-bond acceptors (Lipinski definition) is 3. The highest BCUT2D eigenvalue weighted by Crippen LogP contribution is 2.23. The van der Waals surface area contributed by atoms with Gasteiger partial charge in [0.1, 0.15) is 11.6 Å². The highest BCUT2D eigenvalue weighted by atomic mass is 16.5. The predicted octanol–water partition coefficient (Wildman–Crippen LogP) is 3.04. The Labute approximate surface area is 108 Å². The highest BCUT2D eigenvalue weighted by Gasteiger charge is 2.06. The van der Waals surface area contributed by atoms with Crippen molar-refractivity contribution in [2.24, 2.45) is 0 Å². The van der Waals surface area contributed by atoms with E-state index >= 15 is 0 Å². The number of pyridine rings is 1. The first-order chi connectivity index (χ1) is 8.81. The van der Waals surface area contributed by atoms with Crippen molar-refractivity contribution in [2.75, 3.05) is 12.3 Å². The molecule has 0 bridgehead atoms. The van der Waals surface area contributed by atoms with E-state index in [0.29, 0.717) is 5.82 Å². The lowest BCUT2D eigenvalue weighted by atomic mass is 10.0. The monoisotopic (exact) mass is 242 g/mol. The third-order valence-electron chi connectivity index (χ3n) is 2.74. The van der Waals surface area contributed by atoms with Gasteiger partial charge < -0.3 is 10.5 Å². The fraction of sp³-hybridized carbons (Fsp3) is 0.267. The van der Waals surface area contributed by atoms with Gasteiger partial charge in [0.2, 0.25) is 0 Å². The molecule has 0 spiro atoms. The number of benzene rings is 1. The van der Waals surface area contributed by atoms with Crippen LogP contribution < -0.4 is 10.5 Å². The van der Waals surface area contributed by atoms with Gasteiger partial charge in [0, 0.05) is 12.6 Å². The number of anilines is 1. The maximum atomic E-state index is 5.87. The molecule has 2 N–H and O–H groups in total. The lowest BCUT2D eigenvalue weighted by Gasteiger charge is -2.11. The molecule has 1 heterocycles. The van der Waals surface area contributed by atoms with Crippen molar-refractivity contribution in [1.82, 2.24) is 4.98 Å². The standard InChI is InChI=1S/C15H18N2O/c1-2-10-18-14-8-4-3-6-12(14)11-13-7-5-9-17-15(13)16/h3-9H,2,10-11H2,1H3,(H2,16,17). The second-order valence-corrected chi connectivity index (χ2v) is 4.18. The molecular formula is C15H18N2O. The largest absolute Gasteiger partial charge is 0.493 e. The van der Waals surface area contributed by atoms with Crippen LogP contribution in [0.5, 0.6) is 5.75 Å². The number of rotatable bonds is 5. The average molecular weight is 242 g/mol. The number of nitrogens with zero attached hydrogens (tertiary/aromatic N) is 1. The first-order valence-corrected chi connectivity index (χ1v) is 6.21. The summed E-state index contributed by atoms with van der Waals surface area (Å²) < 4.78 is 5.74. The summed E-state index contributed by atoms with van der Waals surface area (Å²) in [7, 11) is 0. The summed E-state index contributed by atoms with van der Waals surface area (Å²) in [5.41, 5.74) is 8.04. The van der Waals surface area contributed by atoms with Gasteiger partial charge in [0.15, 0.2) is 0 Å². The highest BCUT2D eigenvalue weighted by molar-refractivity contribution is 5.45. The Morgan fingerprint density at radius 2 is 1.89 bits per heavy atom. The van der Waals surface area contributed by atoms with Crippen LogP contribution in [-0.4, -0.2) is 11.6 Å². The Morgan fingerprint density at radius 3 is 2.67 bits per heavy atom. The van der Waals surface area contributed by atoms with Crippen LogP contribution in [0.1, 0.15) is 24.5 Å². The van der Waals surface area contributed by atoms with Gasteiger partial charge in [-0.2, -0.15) is 0 Å². The maximum Gasteiger partial charge on any atom is 0.126 e. The summed E-state index contributed by atoms with van der Waals surface area (Å²) in [5, 5.41) is 0. The molecule has 3 nitrogen and oxygen atoms in total. The van der Waals surface area contributed by atoms with Crippen molar-refractivity contribution in [3.05, 3.63) is 53.7 Å². The summed E-state index contributed by atoms with van der Waals surface area (Å²) in [6.07, 6.45) is 3.46. The number of nitrogen functional groups attached to an aromatic ring is 1. The minimum atomic E-state index is 0.586. The first kappa shape index (κ1) is 12.4. The van der Waals surface area contributed by atoms with E-state index in [-0.39, 0.29) is 0 Å². The van der Waals surface area contributed by atoms with Crippen molar-refractivity contribution in [3.8, 4) is 5.75 Å². The molecule has 0 amide bonds. The zero-order valence-electron chi connectivity index (χ0n) is 10.6. The molecule has 0 radical (unpaired) electrons. The molecule has 0 atom stereocenters.